The number of nitrogens with zero attached hydrogens (tertiary/aromatic N) is 2. The molecule has 7 heteroatoms. The van der Waals surface area contributed by atoms with Crippen LogP contribution in [0.2, 0.25) is 0 Å². The van der Waals surface area contributed by atoms with Gasteiger partial charge in [-0.05, 0) is 24.1 Å². The van der Waals surface area contributed by atoms with Gasteiger partial charge in [-0.15, -0.1) is 31.4 Å². The monoisotopic (exact) mass is 328 g/mol. The highest BCUT2D eigenvalue weighted by Crippen LogP contribution is 2.40. The largest absolute Gasteiger partial charge is 0.573 e. The molecular formula is C15H12ClF3N2O. The fourth-order valence-corrected chi connectivity index (χ4v) is 2.49. The molecule has 0 aliphatic rings. The molecule has 1 aromatic rings. The van der Waals surface area contributed by atoms with Crippen molar-refractivity contribution < 1.29 is 17.9 Å². The van der Waals surface area contributed by atoms with Gasteiger partial charge >= 0.3 is 6.36 Å². The Kier molecular flexibility index (Phi) is 5.84. The molecule has 0 fully saturated rings. The first kappa shape index (κ1) is 17.9. The molecule has 0 spiro atoms. The van der Waals surface area contributed by atoms with Gasteiger partial charge in [-0.2, -0.15) is 10.5 Å². The number of nitriles is 2. The van der Waals surface area contributed by atoms with Crippen molar-refractivity contribution in [2.75, 3.05) is 5.88 Å². The van der Waals surface area contributed by atoms with Gasteiger partial charge in [0.1, 0.15) is 5.75 Å². The van der Waals surface area contributed by atoms with Crippen LogP contribution in [0.25, 0.3) is 0 Å². The minimum Gasteiger partial charge on any atom is -0.406 e. The van der Waals surface area contributed by atoms with E-state index in [0.29, 0.717) is 5.56 Å². The first-order valence-corrected chi connectivity index (χ1v) is 6.70. The summed E-state index contributed by atoms with van der Waals surface area (Å²) in [7, 11) is 0. The van der Waals surface area contributed by atoms with Crippen molar-refractivity contribution in [2.24, 2.45) is 5.41 Å². The smallest absolute Gasteiger partial charge is 0.406 e. The van der Waals surface area contributed by atoms with Crippen molar-refractivity contribution in [3.05, 3.63) is 42.5 Å². The Morgan fingerprint density at radius 3 is 2.14 bits per heavy atom. The molecule has 1 atom stereocenters. The number of hydrogen-bond acceptors (Lipinski definition) is 3. The Morgan fingerprint density at radius 2 is 1.77 bits per heavy atom. The molecule has 0 heterocycles. The van der Waals surface area contributed by atoms with E-state index in [1.54, 1.807) is 0 Å². The topological polar surface area (TPSA) is 56.8 Å². The van der Waals surface area contributed by atoms with Crippen LogP contribution in [0.5, 0.6) is 5.75 Å². The molecule has 3 nitrogen and oxygen atoms in total. The Balaban J connectivity index is 3.13. The number of halogens is 4. The predicted octanol–water partition coefficient (Wildman–Crippen LogP) is 4.52. The van der Waals surface area contributed by atoms with Crippen LogP contribution < -0.4 is 4.74 Å². The second-order valence-electron chi connectivity index (χ2n) is 4.51. The molecule has 0 amide bonds. The maximum Gasteiger partial charge on any atom is 0.573 e. The van der Waals surface area contributed by atoms with Crippen LogP contribution >= 0.6 is 11.6 Å². The van der Waals surface area contributed by atoms with Crippen LogP contribution in [0, 0.1) is 28.1 Å². The van der Waals surface area contributed by atoms with E-state index < -0.39 is 17.7 Å². The lowest BCUT2D eigenvalue weighted by molar-refractivity contribution is -0.274. The molecule has 0 saturated carbocycles. The number of ether oxygens (including phenoxy) is 1. The Bertz CT molecular complexity index is 585. The Hall–Kier alpha value is -2.18. The molecule has 1 rings (SSSR count). The maximum absolute atomic E-state index is 12.1. The minimum atomic E-state index is -4.78. The first-order chi connectivity index (χ1) is 10.3. The van der Waals surface area contributed by atoms with Crippen molar-refractivity contribution in [1.82, 2.24) is 0 Å². The fraction of sp³-hybridized carbons (Fsp3) is 0.333. The van der Waals surface area contributed by atoms with E-state index in [9.17, 15) is 23.7 Å². The summed E-state index contributed by atoms with van der Waals surface area (Å²) in [4.78, 5) is 0. The van der Waals surface area contributed by atoms with Crippen LogP contribution in [-0.2, 0) is 0 Å². The maximum atomic E-state index is 12.1. The molecular weight excluding hydrogens is 317 g/mol. The number of rotatable bonds is 6. The summed E-state index contributed by atoms with van der Waals surface area (Å²) in [6, 6.07) is 8.85. The van der Waals surface area contributed by atoms with Crippen molar-refractivity contribution in [1.29, 1.82) is 10.5 Å². The van der Waals surface area contributed by atoms with E-state index in [1.165, 1.54) is 18.2 Å². The van der Waals surface area contributed by atoms with Crippen molar-refractivity contribution in [3.63, 3.8) is 0 Å². The van der Waals surface area contributed by atoms with E-state index in [0.717, 1.165) is 12.1 Å². The zero-order valence-corrected chi connectivity index (χ0v) is 12.2. The molecule has 0 saturated heterocycles. The first-order valence-electron chi connectivity index (χ1n) is 6.17. The molecule has 0 radical (unpaired) electrons. The van der Waals surface area contributed by atoms with Gasteiger partial charge in [0.15, 0.2) is 5.41 Å². The quantitative estimate of drug-likeness (QED) is 0.570. The zero-order valence-electron chi connectivity index (χ0n) is 11.4. The van der Waals surface area contributed by atoms with E-state index in [-0.39, 0.29) is 18.1 Å². The predicted molar refractivity (Wildman–Crippen MR) is 75.1 cm³/mol. The summed E-state index contributed by atoms with van der Waals surface area (Å²) in [6.45, 7) is 3.52. The van der Waals surface area contributed by atoms with Crippen LogP contribution in [0.15, 0.2) is 36.9 Å². The van der Waals surface area contributed by atoms with Gasteiger partial charge in [0.2, 0.25) is 0 Å². The molecule has 0 aliphatic carbocycles. The van der Waals surface area contributed by atoms with Gasteiger partial charge in [-0.25, -0.2) is 0 Å². The van der Waals surface area contributed by atoms with Crippen LogP contribution in [0.4, 0.5) is 13.2 Å². The summed E-state index contributed by atoms with van der Waals surface area (Å²) < 4.78 is 40.2. The third kappa shape index (κ3) is 4.16. The second-order valence-corrected chi connectivity index (χ2v) is 4.82. The van der Waals surface area contributed by atoms with Gasteiger partial charge in [-0.1, -0.05) is 18.2 Å². The molecule has 0 aliphatic heterocycles. The summed E-state index contributed by atoms with van der Waals surface area (Å²) in [5.74, 6) is -1.08. The summed E-state index contributed by atoms with van der Waals surface area (Å²) in [6.07, 6.45) is -3.25. The van der Waals surface area contributed by atoms with E-state index in [2.05, 4.69) is 11.3 Å². The molecule has 1 aromatic carbocycles. The van der Waals surface area contributed by atoms with Gasteiger partial charge in [0, 0.05) is 11.8 Å². The molecule has 0 aromatic heterocycles. The Labute approximate surface area is 131 Å². The molecule has 1 unspecified atom stereocenters. The number of benzene rings is 1. The van der Waals surface area contributed by atoms with Gasteiger partial charge in [-0.3, -0.25) is 0 Å². The lowest BCUT2D eigenvalue weighted by Gasteiger charge is -2.27. The molecule has 0 bridgehead atoms. The number of allylic oxidation sites excluding steroid dienone is 1. The van der Waals surface area contributed by atoms with E-state index >= 15 is 0 Å². The number of alkyl halides is 4. The third-order valence-corrected chi connectivity index (χ3v) is 3.44. The van der Waals surface area contributed by atoms with Gasteiger partial charge in [0.05, 0.1) is 12.1 Å². The van der Waals surface area contributed by atoms with Gasteiger partial charge in [0.25, 0.3) is 0 Å². The summed E-state index contributed by atoms with van der Waals surface area (Å²) in [5, 5.41) is 18.7. The van der Waals surface area contributed by atoms with E-state index in [4.69, 9.17) is 11.6 Å². The lowest BCUT2D eigenvalue weighted by Crippen LogP contribution is -2.26. The van der Waals surface area contributed by atoms with Crippen LogP contribution in [-0.4, -0.2) is 12.2 Å². The average molecular weight is 329 g/mol. The molecule has 0 N–H and O–H groups in total. The summed E-state index contributed by atoms with van der Waals surface area (Å²) >= 11 is 5.88. The van der Waals surface area contributed by atoms with Crippen molar-refractivity contribution in [3.8, 4) is 17.9 Å². The van der Waals surface area contributed by atoms with Crippen molar-refractivity contribution in [2.45, 2.75) is 18.7 Å². The van der Waals surface area contributed by atoms with E-state index in [1.807, 2.05) is 12.1 Å². The normalized spacial score (nSPS) is 12.8. The van der Waals surface area contributed by atoms with Crippen molar-refractivity contribution >= 4 is 11.6 Å². The van der Waals surface area contributed by atoms with Crippen LogP contribution in [0.3, 0.4) is 0 Å². The Morgan fingerprint density at radius 1 is 1.23 bits per heavy atom. The average Bonchev–Trinajstić information content (AvgIpc) is 2.47. The van der Waals surface area contributed by atoms with Gasteiger partial charge < -0.3 is 4.74 Å². The molecule has 116 valence electrons. The lowest BCUT2D eigenvalue weighted by atomic mass is 9.73. The SMILES string of the molecule is C=CCC(C#N)(C#N)C(CCl)c1ccc(OC(F)(F)F)cc1. The minimum absolute atomic E-state index is 0.0333. The fourth-order valence-electron chi connectivity index (χ4n) is 2.05. The van der Waals surface area contributed by atoms with Crippen LogP contribution in [0.1, 0.15) is 17.9 Å². The molecule has 22 heavy (non-hydrogen) atoms. The highest BCUT2D eigenvalue weighted by Gasteiger charge is 2.39. The number of hydrogen-bond donors (Lipinski definition) is 0. The standard InChI is InChI=1S/C15H12ClF3N2O/c1-2-7-14(9-20,10-21)13(8-16)11-3-5-12(6-4-11)22-15(17,18)19/h2-6,13H,1,7-8H2. The summed E-state index contributed by atoms with van der Waals surface area (Å²) in [5.41, 5.74) is -0.940. The second kappa shape index (κ2) is 7.20. The third-order valence-electron chi connectivity index (χ3n) is 3.13. The zero-order chi connectivity index (χ0) is 16.8. The highest BCUT2D eigenvalue weighted by atomic mass is 35.5. The highest BCUT2D eigenvalue weighted by molar-refractivity contribution is 6.18.